The molecule has 0 saturated carbocycles. The number of methoxy groups -OCH3 is 2. The Hall–Kier alpha value is -3.36. The molecule has 0 aliphatic heterocycles. The van der Waals surface area contributed by atoms with Crippen molar-refractivity contribution in [2.24, 2.45) is 0 Å². The lowest BCUT2D eigenvalue weighted by Crippen LogP contribution is -2.41. The average Bonchev–Trinajstić information content (AvgIpc) is 2.83. The zero-order chi connectivity index (χ0) is 23.1. The third-order valence-corrected chi connectivity index (χ3v) is 6.81. The summed E-state index contributed by atoms with van der Waals surface area (Å²) in [7, 11) is 0.526. The zero-order valence-electron chi connectivity index (χ0n) is 18.3. The predicted molar refractivity (Wildman–Crippen MR) is 123 cm³/mol. The first-order valence-electron chi connectivity index (χ1n) is 9.94. The van der Waals surface area contributed by atoms with Gasteiger partial charge >= 0.3 is 0 Å². The molecule has 0 spiro atoms. The Balaban J connectivity index is 1.95. The van der Waals surface area contributed by atoms with E-state index in [1.807, 2.05) is 48.5 Å². The summed E-state index contributed by atoms with van der Waals surface area (Å²) in [5.41, 5.74) is 1.45. The van der Waals surface area contributed by atoms with Gasteiger partial charge in [0, 0.05) is 25.3 Å². The first-order valence-corrected chi connectivity index (χ1v) is 11.4. The summed E-state index contributed by atoms with van der Waals surface area (Å²) in [5.74, 6) is 0.359. The Morgan fingerprint density at radius 2 is 1.44 bits per heavy atom. The first kappa shape index (κ1) is 23.3. The quantitative estimate of drug-likeness (QED) is 0.494. The normalized spacial score (nSPS) is 11.2. The smallest absolute Gasteiger partial charge is 0.243 e. The molecule has 0 fully saturated rings. The van der Waals surface area contributed by atoms with E-state index >= 15 is 0 Å². The zero-order valence-corrected chi connectivity index (χ0v) is 19.1. The number of carbonyl (C=O) groups excluding carboxylic acids is 1. The maximum Gasteiger partial charge on any atom is 0.243 e. The van der Waals surface area contributed by atoms with Crippen LogP contribution in [0.5, 0.6) is 11.5 Å². The predicted octanol–water partition coefficient (Wildman–Crippen LogP) is 3.56. The van der Waals surface area contributed by atoms with Gasteiger partial charge in [0.15, 0.2) is 11.5 Å². The summed E-state index contributed by atoms with van der Waals surface area (Å²) in [4.78, 5) is 14.5. The molecular weight excluding hydrogens is 428 g/mol. The first-order chi connectivity index (χ1) is 15.4. The van der Waals surface area contributed by atoms with Crippen LogP contribution >= 0.6 is 0 Å². The number of rotatable bonds is 9. The molecule has 0 radical (unpaired) electrons. The van der Waals surface area contributed by atoms with Crippen LogP contribution in [-0.4, -0.2) is 46.4 Å². The van der Waals surface area contributed by atoms with Crippen molar-refractivity contribution in [2.45, 2.75) is 11.4 Å². The van der Waals surface area contributed by atoms with E-state index in [9.17, 15) is 13.2 Å². The largest absolute Gasteiger partial charge is 0.493 e. The minimum absolute atomic E-state index is 0.0150. The number of ether oxygens (including phenoxy) is 2. The van der Waals surface area contributed by atoms with E-state index in [1.165, 1.54) is 41.6 Å². The highest BCUT2D eigenvalue weighted by Gasteiger charge is 2.29. The van der Waals surface area contributed by atoms with Crippen molar-refractivity contribution >= 4 is 21.6 Å². The fourth-order valence-corrected chi connectivity index (χ4v) is 4.59. The molecule has 0 aromatic heterocycles. The van der Waals surface area contributed by atoms with Crippen LogP contribution in [0.3, 0.4) is 0 Å². The molecule has 0 saturated heterocycles. The summed E-state index contributed by atoms with van der Waals surface area (Å²) in [6, 6.07) is 22.6. The summed E-state index contributed by atoms with van der Waals surface area (Å²) >= 11 is 0. The highest BCUT2D eigenvalue weighted by Crippen LogP contribution is 2.31. The lowest BCUT2D eigenvalue weighted by Gasteiger charge is -2.25. The van der Waals surface area contributed by atoms with Crippen molar-refractivity contribution in [2.75, 3.05) is 32.7 Å². The van der Waals surface area contributed by atoms with Gasteiger partial charge in [-0.1, -0.05) is 48.5 Å². The van der Waals surface area contributed by atoms with E-state index in [1.54, 1.807) is 19.2 Å². The molecule has 8 heteroatoms. The second-order valence-electron chi connectivity index (χ2n) is 7.06. The van der Waals surface area contributed by atoms with Crippen molar-refractivity contribution in [3.8, 4) is 11.5 Å². The maximum atomic E-state index is 13.6. The molecular formula is C24H26N2O5S. The number of carbonyl (C=O) groups is 1. The van der Waals surface area contributed by atoms with Crippen LogP contribution < -0.4 is 14.4 Å². The number of para-hydroxylation sites is 1. The Morgan fingerprint density at radius 1 is 0.844 bits per heavy atom. The molecule has 0 bridgehead atoms. The topological polar surface area (TPSA) is 76.2 Å². The number of hydrogen-bond donors (Lipinski definition) is 0. The van der Waals surface area contributed by atoms with Crippen molar-refractivity contribution < 1.29 is 22.7 Å². The van der Waals surface area contributed by atoms with E-state index in [2.05, 4.69) is 0 Å². The van der Waals surface area contributed by atoms with Gasteiger partial charge in [-0.25, -0.2) is 8.42 Å². The Kier molecular flexibility index (Phi) is 7.50. The molecule has 0 atom stereocenters. The number of anilines is 1. The summed E-state index contributed by atoms with van der Waals surface area (Å²) in [5, 5.41) is 0. The highest BCUT2D eigenvalue weighted by atomic mass is 32.2. The van der Waals surface area contributed by atoms with E-state index < -0.39 is 10.0 Å². The van der Waals surface area contributed by atoms with Crippen LogP contribution in [0.1, 0.15) is 5.56 Å². The highest BCUT2D eigenvalue weighted by molar-refractivity contribution is 7.89. The van der Waals surface area contributed by atoms with Crippen LogP contribution in [0.2, 0.25) is 0 Å². The number of hydrogen-bond acceptors (Lipinski definition) is 5. The third-order valence-electron chi connectivity index (χ3n) is 5.02. The van der Waals surface area contributed by atoms with Gasteiger partial charge in [0.05, 0.1) is 25.7 Å². The van der Waals surface area contributed by atoms with Gasteiger partial charge in [0.2, 0.25) is 15.9 Å². The molecule has 3 aromatic rings. The maximum absolute atomic E-state index is 13.6. The molecule has 7 nitrogen and oxygen atoms in total. The van der Waals surface area contributed by atoms with Crippen LogP contribution in [0.15, 0.2) is 83.8 Å². The monoisotopic (exact) mass is 454 g/mol. The van der Waals surface area contributed by atoms with Crippen LogP contribution in [0.25, 0.3) is 0 Å². The molecule has 0 aliphatic carbocycles. The van der Waals surface area contributed by atoms with E-state index in [4.69, 9.17) is 9.47 Å². The van der Waals surface area contributed by atoms with E-state index in [-0.39, 0.29) is 23.9 Å². The second-order valence-corrected chi connectivity index (χ2v) is 9.00. The van der Waals surface area contributed by atoms with Gasteiger partial charge in [-0.3, -0.25) is 4.79 Å². The number of likely N-dealkylation sites (N-methyl/N-ethyl adjacent to an activating group) is 1. The van der Waals surface area contributed by atoms with Crippen molar-refractivity contribution in [3.05, 3.63) is 84.4 Å². The Morgan fingerprint density at radius 3 is 2.03 bits per heavy atom. The van der Waals surface area contributed by atoms with E-state index in [0.717, 1.165) is 5.56 Å². The number of nitrogens with zero attached hydrogens (tertiary/aromatic N) is 2. The van der Waals surface area contributed by atoms with Crippen molar-refractivity contribution in [1.29, 1.82) is 0 Å². The van der Waals surface area contributed by atoms with Crippen LogP contribution in [-0.2, 0) is 21.4 Å². The third kappa shape index (κ3) is 5.27. The molecule has 3 aromatic carbocycles. The number of amides is 1. The molecule has 0 unspecified atom stereocenters. The van der Waals surface area contributed by atoms with Gasteiger partial charge in [0.1, 0.15) is 0 Å². The molecule has 0 heterocycles. The molecule has 32 heavy (non-hydrogen) atoms. The number of sulfonamides is 1. The standard InChI is InChI=1S/C24H26N2O5S/c1-25(20-12-8-5-9-13-20)24(27)18-26(17-19-10-6-4-7-11-19)32(28,29)21-14-15-22(30-2)23(16-21)31-3/h4-16H,17-18H2,1-3H3. The summed E-state index contributed by atoms with van der Waals surface area (Å²) in [6.07, 6.45) is 0. The Labute approximate surface area is 188 Å². The van der Waals surface area contributed by atoms with Gasteiger partial charge in [-0.05, 0) is 29.8 Å². The minimum Gasteiger partial charge on any atom is -0.493 e. The molecule has 0 N–H and O–H groups in total. The lowest BCUT2D eigenvalue weighted by molar-refractivity contribution is -0.118. The lowest BCUT2D eigenvalue weighted by atomic mass is 10.2. The van der Waals surface area contributed by atoms with Gasteiger partial charge in [0.25, 0.3) is 0 Å². The molecule has 3 rings (SSSR count). The van der Waals surface area contributed by atoms with Gasteiger partial charge in [-0.15, -0.1) is 0 Å². The van der Waals surface area contributed by atoms with Crippen LogP contribution in [0, 0.1) is 0 Å². The number of benzene rings is 3. The molecule has 1 amide bonds. The van der Waals surface area contributed by atoms with E-state index in [0.29, 0.717) is 17.2 Å². The summed E-state index contributed by atoms with van der Waals surface area (Å²) in [6.45, 7) is -0.275. The molecule has 168 valence electrons. The fourth-order valence-electron chi connectivity index (χ4n) is 3.19. The van der Waals surface area contributed by atoms with Crippen molar-refractivity contribution in [3.63, 3.8) is 0 Å². The second kappa shape index (κ2) is 10.3. The van der Waals surface area contributed by atoms with Crippen molar-refractivity contribution in [1.82, 2.24) is 4.31 Å². The SMILES string of the molecule is COc1ccc(S(=O)(=O)N(CC(=O)N(C)c2ccccc2)Cc2ccccc2)cc1OC. The minimum atomic E-state index is -4.02. The van der Waals surface area contributed by atoms with Crippen LogP contribution in [0.4, 0.5) is 5.69 Å². The summed E-state index contributed by atoms with van der Waals surface area (Å²) < 4.78 is 38.8. The molecule has 0 aliphatic rings. The van der Waals surface area contributed by atoms with Gasteiger partial charge < -0.3 is 14.4 Å². The Bertz CT molecular complexity index is 1150. The fraction of sp³-hybridized carbons (Fsp3) is 0.208. The average molecular weight is 455 g/mol. The van der Waals surface area contributed by atoms with Gasteiger partial charge in [-0.2, -0.15) is 4.31 Å².